The molecule has 2 aromatic rings. The highest BCUT2D eigenvalue weighted by molar-refractivity contribution is 5.53. The van der Waals surface area contributed by atoms with E-state index in [0.29, 0.717) is 0 Å². The number of nitrogens with zero attached hydrogens (tertiary/aromatic N) is 5. The lowest BCUT2D eigenvalue weighted by Crippen LogP contribution is -2.33. The summed E-state index contributed by atoms with van der Waals surface area (Å²) in [5.41, 5.74) is 10.1. The lowest BCUT2D eigenvalue weighted by atomic mass is 10.1. The van der Waals surface area contributed by atoms with Crippen LogP contribution in [-0.2, 0) is 19.6 Å². The minimum atomic E-state index is 0.809. The Balaban J connectivity index is 1.78. The quantitative estimate of drug-likeness (QED) is 0.866. The molecule has 0 radical (unpaired) electrons. The van der Waals surface area contributed by atoms with E-state index in [1.165, 1.54) is 0 Å². The highest BCUT2D eigenvalue weighted by Gasteiger charge is 2.19. The van der Waals surface area contributed by atoms with Gasteiger partial charge in [-0.15, -0.1) is 10.2 Å². The van der Waals surface area contributed by atoms with Crippen LogP contribution in [0.25, 0.3) is 0 Å². The molecule has 0 spiro atoms. The predicted octanol–water partition coefficient (Wildman–Crippen LogP) is 0.888. The van der Waals surface area contributed by atoms with E-state index in [2.05, 4.69) is 24.6 Å². The van der Waals surface area contributed by atoms with Crippen molar-refractivity contribution in [1.29, 1.82) is 0 Å². The molecule has 0 amide bonds. The zero-order valence-electron chi connectivity index (χ0n) is 11.3. The number of pyridine rings is 1. The number of aromatic nitrogens is 4. The molecular formula is C13H18N6. The lowest BCUT2D eigenvalue weighted by Gasteiger charge is -2.27. The number of nitrogens with two attached hydrogens (primary N) is 1. The number of hydrogen-bond acceptors (Lipinski definition) is 5. The fourth-order valence-electron chi connectivity index (χ4n) is 2.41. The molecule has 1 aliphatic rings. The summed E-state index contributed by atoms with van der Waals surface area (Å²) in [6.07, 6.45) is 3.64. The number of hydrogen-bond donors (Lipinski definition) is 1. The van der Waals surface area contributed by atoms with Gasteiger partial charge in [-0.3, -0.25) is 9.88 Å². The van der Waals surface area contributed by atoms with Crippen molar-refractivity contribution in [3.8, 4) is 0 Å². The van der Waals surface area contributed by atoms with Crippen LogP contribution < -0.4 is 5.73 Å². The van der Waals surface area contributed by atoms with Gasteiger partial charge in [0.1, 0.15) is 12.2 Å². The summed E-state index contributed by atoms with van der Waals surface area (Å²) in [5, 5.41) is 8.07. The van der Waals surface area contributed by atoms with Gasteiger partial charge in [0.2, 0.25) is 0 Å². The minimum Gasteiger partial charge on any atom is -0.398 e. The predicted molar refractivity (Wildman–Crippen MR) is 72.3 cm³/mol. The molecule has 0 saturated heterocycles. The molecule has 0 saturated carbocycles. The zero-order valence-corrected chi connectivity index (χ0v) is 11.3. The maximum Gasteiger partial charge on any atom is 0.147 e. The summed E-state index contributed by atoms with van der Waals surface area (Å²) in [5.74, 6) is 1.02. The first-order valence-corrected chi connectivity index (χ1v) is 6.44. The van der Waals surface area contributed by atoms with Gasteiger partial charge in [0.25, 0.3) is 0 Å². The number of aryl methyl sites for hydroxylation is 1. The Bertz CT molecular complexity index is 603. The van der Waals surface area contributed by atoms with E-state index in [1.807, 2.05) is 20.0 Å². The van der Waals surface area contributed by atoms with Gasteiger partial charge in [-0.2, -0.15) is 0 Å². The van der Waals surface area contributed by atoms with Crippen LogP contribution in [0.3, 0.4) is 0 Å². The molecule has 0 fully saturated rings. The van der Waals surface area contributed by atoms with Crippen LogP contribution in [0, 0.1) is 13.8 Å². The second-order valence-electron chi connectivity index (χ2n) is 5.08. The second-order valence-corrected chi connectivity index (χ2v) is 5.08. The maximum atomic E-state index is 6.06. The maximum absolute atomic E-state index is 6.06. The van der Waals surface area contributed by atoms with Crippen LogP contribution in [0.1, 0.15) is 22.6 Å². The largest absolute Gasteiger partial charge is 0.398 e. The topological polar surface area (TPSA) is 72.9 Å². The highest BCUT2D eigenvalue weighted by Crippen LogP contribution is 2.20. The molecule has 100 valence electrons. The minimum absolute atomic E-state index is 0.809. The molecule has 2 aromatic heterocycles. The van der Waals surface area contributed by atoms with Crippen LogP contribution in [0.2, 0.25) is 0 Å². The van der Waals surface area contributed by atoms with Gasteiger partial charge >= 0.3 is 0 Å². The molecule has 0 atom stereocenters. The van der Waals surface area contributed by atoms with Crippen LogP contribution in [-0.4, -0.2) is 31.2 Å². The average Bonchev–Trinajstić information content (AvgIpc) is 2.87. The standard InChI is InChI=1S/C13H18N6/c1-9-5-15-11(10(2)13(9)14)6-18-3-4-19-8-16-17-12(19)7-18/h5,8H,3-4,6-7H2,1-2H3,(H2,14,15). The van der Waals surface area contributed by atoms with Crippen molar-refractivity contribution in [3.63, 3.8) is 0 Å². The Kier molecular flexibility index (Phi) is 2.94. The number of fused-ring (bicyclic) bond motifs is 1. The molecule has 1 aliphatic heterocycles. The molecule has 6 heteroatoms. The van der Waals surface area contributed by atoms with Crippen molar-refractivity contribution in [3.05, 3.63) is 35.2 Å². The van der Waals surface area contributed by atoms with Gasteiger partial charge in [-0.05, 0) is 25.0 Å². The van der Waals surface area contributed by atoms with Gasteiger partial charge in [0.05, 0.1) is 12.2 Å². The van der Waals surface area contributed by atoms with E-state index in [1.54, 1.807) is 6.33 Å². The zero-order chi connectivity index (χ0) is 13.4. The summed E-state index contributed by atoms with van der Waals surface area (Å²) in [6.45, 7) is 7.57. The third-order valence-electron chi connectivity index (χ3n) is 3.77. The summed E-state index contributed by atoms with van der Waals surface area (Å²) < 4.78 is 2.10. The summed E-state index contributed by atoms with van der Waals surface area (Å²) >= 11 is 0. The van der Waals surface area contributed by atoms with Crippen molar-refractivity contribution in [2.75, 3.05) is 12.3 Å². The molecule has 3 heterocycles. The Morgan fingerprint density at radius 2 is 2.16 bits per heavy atom. The molecule has 19 heavy (non-hydrogen) atoms. The number of rotatable bonds is 2. The van der Waals surface area contributed by atoms with E-state index in [9.17, 15) is 0 Å². The van der Waals surface area contributed by atoms with Crippen molar-refractivity contribution < 1.29 is 0 Å². The van der Waals surface area contributed by atoms with Crippen LogP contribution in [0.15, 0.2) is 12.5 Å². The Labute approximate surface area is 112 Å². The van der Waals surface area contributed by atoms with E-state index in [0.717, 1.165) is 54.5 Å². The Morgan fingerprint density at radius 3 is 3.00 bits per heavy atom. The molecule has 2 N–H and O–H groups in total. The average molecular weight is 258 g/mol. The first-order chi connectivity index (χ1) is 9.15. The van der Waals surface area contributed by atoms with Gasteiger partial charge in [-0.25, -0.2) is 0 Å². The van der Waals surface area contributed by atoms with E-state index < -0.39 is 0 Å². The lowest BCUT2D eigenvalue weighted by molar-refractivity contribution is 0.206. The fourth-order valence-corrected chi connectivity index (χ4v) is 2.41. The first kappa shape index (κ1) is 12.1. The van der Waals surface area contributed by atoms with Crippen molar-refractivity contribution >= 4 is 5.69 Å². The van der Waals surface area contributed by atoms with Crippen molar-refractivity contribution in [2.24, 2.45) is 0 Å². The highest BCUT2D eigenvalue weighted by atomic mass is 15.3. The fraction of sp³-hybridized carbons (Fsp3) is 0.462. The van der Waals surface area contributed by atoms with Gasteiger partial charge < -0.3 is 10.3 Å². The van der Waals surface area contributed by atoms with E-state index in [-0.39, 0.29) is 0 Å². The third kappa shape index (κ3) is 2.19. The molecule has 0 bridgehead atoms. The second kappa shape index (κ2) is 4.62. The molecule has 0 aliphatic carbocycles. The van der Waals surface area contributed by atoms with Crippen LogP contribution >= 0.6 is 0 Å². The van der Waals surface area contributed by atoms with Gasteiger partial charge in [-0.1, -0.05) is 0 Å². The molecular weight excluding hydrogens is 240 g/mol. The van der Waals surface area contributed by atoms with Crippen molar-refractivity contribution in [2.45, 2.75) is 33.5 Å². The van der Waals surface area contributed by atoms with E-state index >= 15 is 0 Å². The van der Waals surface area contributed by atoms with Crippen molar-refractivity contribution in [1.82, 2.24) is 24.6 Å². The van der Waals surface area contributed by atoms with Gasteiger partial charge in [0, 0.05) is 31.5 Å². The molecule has 0 aromatic carbocycles. The number of anilines is 1. The molecule has 3 rings (SSSR count). The normalized spacial score (nSPS) is 15.5. The first-order valence-electron chi connectivity index (χ1n) is 6.44. The van der Waals surface area contributed by atoms with Crippen LogP contribution in [0.4, 0.5) is 5.69 Å². The monoisotopic (exact) mass is 258 g/mol. The van der Waals surface area contributed by atoms with E-state index in [4.69, 9.17) is 5.73 Å². The number of nitrogen functional groups attached to an aromatic ring is 1. The Hall–Kier alpha value is -1.95. The smallest absolute Gasteiger partial charge is 0.147 e. The summed E-state index contributed by atoms with van der Waals surface area (Å²) in [4.78, 5) is 6.84. The SMILES string of the molecule is Cc1cnc(CN2CCn3cnnc3C2)c(C)c1N. The Morgan fingerprint density at radius 1 is 1.32 bits per heavy atom. The molecule has 6 nitrogen and oxygen atoms in total. The van der Waals surface area contributed by atoms with Crippen LogP contribution in [0.5, 0.6) is 0 Å². The summed E-state index contributed by atoms with van der Waals surface area (Å²) in [7, 11) is 0. The van der Waals surface area contributed by atoms with Gasteiger partial charge in [0.15, 0.2) is 0 Å². The summed E-state index contributed by atoms with van der Waals surface area (Å²) in [6, 6.07) is 0. The third-order valence-corrected chi connectivity index (χ3v) is 3.77. The molecule has 0 unspecified atom stereocenters.